The molecule has 78 valence electrons. The van der Waals surface area contributed by atoms with Gasteiger partial charge in [-0.2, -0.15) is 0 Å². The normalized spacial score (nSPS) is 25.4. The lowest BCUT2D eigenvalue weighted by atomic mass is 10.00. The largest absolute Gasteiger partial charge is 0.330 e. The molecule has 5 heteroatoms. The Hall–Kier alpha value is -1.91. The quantitative estimate of drug-likeness (QED) is 0.549. The number of hydrogen-bond donors (Lipinski definition) is 1. The molecular weight excluding hydrogens is 196 g/mol. The summed E-state index contributed by atoms with van der Waals surface area (Å²) in [7, 11) is 0. The van der Waals surface area contributed by atoms with Crippen molar-refractivity contribution in [3.63, 3.8) is 0 Å². The number of nitrogens with zero attached hydrogens (tertiary/aromatic N) is 1. The number of aldehydes is 1. The number of aromatic nitrogens is 1. The molecule has 2 rings (SSSR count). The molecule has 1 atom stereocenters. The number of carbonyl (C=O) groups excluding carboxylic acids is 3. The summed E-state index contributed by atoms with van der Waals surface area (Å²) in [4.78, 5) is 33.5. The zero-order valence-corrected chi connectivity index (χ0v) is 8.19. The van der Waals surface area contributed by atoms with Crippen molar-refractivity contribution in [3.8, 4) is 0 Å². The van der Waals surface area contributed by atoms with E-state index in [1.807, 2.05) is 0 Å². The van der Waals surface area contributed by atoms with Gasteiger partial charge in [0, 0.05) is 6.20 Å². The van der Waals surface area contributed by atoms with Crippen molar-refractivity contribution in [1.82, 2.24) is 9.88 Å². The first-order valence-corrected chi connectivity index (χ1v) is 4.55. The zero-order chi connectivity index (χ0) is 11.1. The number of imide groups is 1. The lowest BCUT2D eigenvalue weighted by Gasteiger charge is -2.23. The molecule has 1 aliphatic rings. The van der Waals surface area contributed by atoms with Crippen LogP contribution in [-0.4, -0.2) is 22.7 Å². The Labute approximate surface area is 86.1 Å². The predicted molar refractivity (Wildman–Crippen MR) is 51.2 cm³/mol. The van der Waals surface area contributed by atoms with E-state index in [0.29, 0.717) is 12.0 Å². The van der Waals surface area contributed by atoms with Gasteiger partial charge >= 0.3 is 0 Å². The van der Waals surface area contributed by atoms with Crippen LogP contribution in [0.5, 0.6) is 0 Å². The average Bonchev–Trinajstić information content (AvgIpc) is 2.72. The second-order valence-corrected chi connectivity index (χ2v) is 3.75. The van der Waals surface area contributed by atoms with Gasteiger partial charge in [-0.3, -0.25) is 19.7 Å². The van der Waals surface area contributed by atoms with E-state index < -0.39 is 5.54 Å². The van der Waals surface area contributed by atoms with E-state index in [2.05, 4.69) is 5.32 Å². The molecule has 2 heterocycles. The third kappa shape index (κ3) is 1.27. The van der Waals surface area contributed by atoms with Gasteiger partial charge in [0.15, 0.2) is 6.29 Å². The van der Waals surface area contributed by atoms with Crippen molar-refractivity contribution in [2.75, 3.05) is 0 Å². The van der Waals surface area contributed by atoms with Gasteiger partial charge in [0.25, 0.3) is 5.91 Å². The Morgan fingerprint density at radius 1 is 1.53 bits per heavy atom. The van der Waals surface area contributed by atoms with Crippen molar-refractivity contribution in [3.05, 3.63) is 24.0 Å². The molecule has 0 saturated carbocycles. The number of nitrogens with one attached hydrogen (secondary N) is 1. The summed E-state index contributed by atoms with van der Waals surface area (Å²) in [5, 5.41) is 2.23. The van der Waals surface area contributed by atoms with Gasteiger partial charge in [0.1, 0.15) is 5.54 Å². The summed E-state index contributed by atoms with van der Waals surface area (Å²) in [6.45, 7) is 1.64. The zero-order valence-electron chi connectivity index (χ0n) is 8.19. The highest BCUT2D eigenvalue weighted by Gasteiger charge is 2.44. The predicted octanol–water partition coefficient (Wildman–Crippen LogP) is 0.0623. The molecule has 0 aliphatic carbocycles. The molecule has 15 heavy (non-hydrogen) atoms. The van der Waals surface area contributed by atoms with E-state index in [9.17, 15) is 14.4 Å². The Kier molecular flexibility index (Phi) is 1.96. The maximum atomic E-state index is 11.6. The monoisotopic (exact) mass is 206 g/mol. The highest BCUT2D eigenvalue weighted by Crippen LogP contribution is 2.27. The molecule has 0 bridgehead atoms. The van der Waals surface area contributed by atoms with Crippen LogP contribution in [0.25, 0.3) is 0 Å². The first-order valence-electron chi connectivity index (χ1n) is 4.55. The van der Waals surface area contributed by atoms with Gasteiger partial charge in [-0.25, -0.2) is 0 Å². The number of rotatable bonds is 2. The first kappa shape index (κ1) is 9.64. The fraction of sp³-hybridized carbons (Fsp3) is 0.300. The van der Waals surface area contributed by atoms with E-state index in [-0.39, 0.29) is 18.2 Å². The average molecular weight is 206 g/mol. The lowest BCUT2D eigenvalue weighted by Crippen LogP contribution is -2.38. The minimum absolute atomic E-state index is 0.0708. The van der Waals surface area contributed by atoms with E-state index in [1.165, 1.54) is 4.57 Å². The minimum Gasteiger partial charge on any atom is -0.330 e. The van der Waals surface area contributed by atoms with Crippen molar-refractivity contribution in [2.45, 2.75) is 18.9 Å². The summed E-state index contributed by atoms with van der Waals surface area (Å²) < 4.78 is 1.53. The Bertz CT molecular complexity index is 449. The smallest absolute Gasteiger partial charge is 0.253 e. The Morgan fingerprint density at radius 2 is 2.27 bits per heavy atom. The molecule has 1 saturated heterocycles. The molecule has 0 aromatic carbocycles. The number of carbonyl (C=O) groups is 3. The van der Waals surface area contributed by atoms with Crippen molar-refractivity contribution in [2.24, 2.45) is 0 Å². The molecule has 0 spiro atoms. The second-order valence-electron chi connectivity index (χ2n) is 3.75. The molecule has 2 amide bonds. The summed E-state index contributed by atoms with van der Waals surface area (Å²) in [5.74, 6) is -0.681. The maximum Gasteiger partial charge on any atom is 0.253 e. The molecule has 1 aromatic heterocycles. The van der Waals surface area contributed by atoms with Crippen LogP contribution in [0.15, 0.2) is 18.3 Å². The van der Waals surface area contributed by atoms with Crippen molar-refractivity contribution < 1.29 is 14.4 Å². The summed E-state index contributed by atoms with van der Waals surface area (Å²) in [6, 6.07) is 3.28. The molecule has 0 unspecified atom stereocenters. The van der Waals surface area contributed by atoms with Gasteiger partial charge in [0.05, 0.1) is 12.1 Å². The highest BCUT2D eigenvalue weighted by molar-refractivity contribution is 6.07. The third-order valence-electron chi connectivity index (χ3n) is 2.68. The van der Waals surface area contributed by atoms with Crippen LogP contribution < -0.4 is 5.32 Å². The molecule has 1 aromatic rings. The van der Waals surface area contributed by atoms with Crippen molar-refractivity contribution in [1.29, 1.82) is 0 Å². The van der Waals surface area contributed by atoms with Crippen LogP contribution in [0.2, 0.25) is 0 Å². The molecular formula is C10H10N2O3. The summed E-state index contributed by atoms with van der Waals surface area (Å²) in [5.41, 5.74) is -0.584. The molecule has 5 nitrogen and oxygen atoms in total. The molecule has 1 N–H and O–H groups in total. The highest BCUT2D eigenvalue weighted by atomic mass is 16.2. The Balaban J connectivity index is 2.50. The molecule has 0 radical (unpaired) electrons. The number of hydrogen-bond acceptors (Lipinski definition) is 3. The van der Waals surface area contributed by atoms with Gasteiger partial charge < -0.3 is 4.57 Å². The maximum absolute atomic E-state index is 11.6. The lowest BCUT2D eigenvalue weighted by molar-refractivity contribution is -0.127. The minimum atomic E-state index is -0.975. The number of amides is 2. The van der Waals surface area contributed by atoms with Crippen LogP contribution in [0.1, 0.15) is 23.8 Å². The molecule has 1 aliphatic heterocycles. The van der Waals surface area contributed by atoms with Crippen LogP contribution in [-0.2, 0) is 15.1 Å². The van der Waals surface area contributed by atoms with Gasteiger partial charge in [-0.05, 0) is 19.1 Å². The molecule has 1 fully saturated rings. The van der Waals surface area contributed by atoms with E-state index >= 15 is 0 Å². The standard InChI is InChI=1S/C10H10N2O3/c1-10(5-8(14)11-9(10)15)12-4-2-3-7(12)6-13/h2-4,6H,5H2,1H3,(H,11,14,15)/t10-/m1/s1. The summed E-state index contributed by atoms with van der Waals surface area (Å²) >= 11 is 0. The van der Waals surface area contributed by atoms with Crippen LogP contribution in [0.4, 0.5) is 0 Å². The van der Waals surface area contributed by atoms with Gasteiger partial charge in [-0.1, -0.05) is 0 Å². The fourth-order valence-electron chi connectivity index (χ4n) is 1.83. The van der Waals surface area contributed by atoms with E-state index in [1.54, 1.807) is 25.3 Å². The van der Waals surface area contributed by atoms with Gasteiger partial charge in [0.2, 0.25) is 5.91 Å². The van der Waals surface area contributed by atoms with E-state index in [4.69, 9.17) is 0 Å². The van der Waals surface area contributed by atoms with E-state index in [0.717, 1.165) is 0 Å². The summed E-state index contributed by atoms with van der Waals surface area (Å²) in [6.07, 6.45) is 2.37. The Morgan fingerprint density at radius 3 is 2.80 bits per heavy atom. The topological polar surface area (TPSA) is 68.2 Å². The second kappa shape index (κ2) is 3.05. The van der Waals surface area contributed by atoms with Crippen LogP contribution in [0.3, 0.4) is 0 Å². The first-order chi connectivity index (χ1) is 7.08. The van der Waals surface area contributed by atoms with Crippen LogP contribution >= 0.6 is 0 Å². The van der Waals surface area contributed by atoms with Crippen molar-refractivity contribution >= 4 is 18.1 Å². The van der Waals surface area contributed by atoms with Gasteiger partial charge in [-0.15, -0.1) is 0 Å². The third-order valence-corrected chi connectivity index (χ3v) is 2.68. The fourth-order valence-corrected chi connectivity index (χ4v) is 1.83. The SMILES string of the molecule is C[C@@]1(n2cccc2C=O)CC(=O)NC1=O. The van der Waals surface area contributed by atoms with Crippen LogP contribution in [0, 0.1) is 0 Å².